The summed E-state index contributed by atoms with van der Waals surface area (Å²) in [6.45, 7) is 4.45. The van der Waals surface area contributed by atoms with Crippen LogP contribution in [-0.2, 0) is 9.59 Å². The highest BCUT2D eigenvalue weighted by Crippen LogP contribution is 2.21. The predicted molar refractivity (Wildman–Crippen MR) is 123 cm³/mol. The summed E-state index contributed by atoms with van der Waals surface area (Å²) in [5.74, 6) is -0.0901. The van der Waals surface area contributed by atoms with Gasteiger partial charge in [0.15, 0.2) is 0 Å². The zero-order valence-corrected chi connectivity index (χ0v) is 18.9. The van der Waals surface area contributed by atoms with E-state index in [2.05, 4.69) is 24.5 Å². The Morgan fingerprint density at radius 1 is 0.655 bits per heavy atom. The van der Waals surface area contributed by atoms with Crippen LogP contribution < -0.4 is 10.6 Å². The normalized spacial score (nSPS) is 18.4. The molecule has 0 radical (unpaired) electrons. The molecule has 4 nitrogen and oxygen atoms in total. The molecule has 2 amide bonds. The molecule has 4 heteroatoms. The molecule has 0 heterocycles. The Bertz CT molecular complexity index is 455. The lowest BCUT2D eigenvalue weighted by atomic mass is 10.1. The molecule has 1 aliphatic rings. The van der Waals surface area contributed by atoms with Gasteiger partial charge in [-0.15, -0.1) is 0 Å². The molecule has 0 aromatic carbocycles. The van der Waals surface area contributed by atoms with Crippen molar-refractivity contribution in [2.24, 2.45) is 0 Å². The second kappa shape index (κ2) is 17.3. The van der Waals surface area contributed by atoms with Crippen LogP contribution in [0.3, 0.4) is 0 Å². The lowest BCUT2D eigenvalue weighted by Gasteiger charge is -2.03. The van der Waals surface area contributed by atoms with Crippen molar-refractivity contribution in [3.8, 4) is 0 Å². The van der Waals surface area contributed by atoms with E-state index in [-0.39, 0.29) is 23.9 Å². The first kappa shape index (κ1) is 25.5. The van der Waals surface area contributed by atoms with E-state index in [0.717, 1.165) is 32.1 Å². The first-order valence-electron chi connectivity index (χ1n) is 12.1. The highest BCUT2D eigenvalue weighted by molar-refractivity contribution is 5.89. The van der Waals surface area contributed by atoms with Gasteiger partial charge < -0.3 is 10.6 Å². The van der Waals surface area contributed by atoms with Crippen LogP contribution >= 0.6 is 0 Å². The topological polar surface area (TPSA) is 58.2 Å². The summed E-state index contributed by atoms with van der Waals surface area (Å²) < 4.78 is 0. The van der Waals surface area contributed by atoms with Gasteiger partial charge in [0.1, 0.15) is 0 Å². The van der Waals surface area contributed by atoms with Gasteiger partial charge in [0.25, 0.3) is 0 Å². The maximum absolute atomic E-state index is 11.9. The number of nitrogens with one attached hydrogen (secondary N) is 2. The van der Waals surface area contributed by atoms with Gasteiger partial charge in [-0.1, -0.05) is 90.2 Å². The Hall–Kier alpha value is -1.58. The monoisotopic (exact) mass is 404 g/mol. The average Bonchev–Trinajstić information content (AvgIpc) is 3.42. The standard InChI is InChI=1S/C25H44N2O2/c1-3-5-7-9-11-13-15-17-19-24(28)26-22-21-23(22)27-25(29)20-18-16-14-12-10-8-6-4-2/h17-20,22-23H,3-16,21H2,1-2H3,(H,26,28)(H,27,29)/b19-17+,20-18+/t22-,23+. The van der Waals surface area contributed by atoms with Gasteiger partial charge in [-0.3, -0.25) is 9.59 Å². The highest BCUT2D eigenvalue weighted by atomic mass is 16.2. The third-order valence-corrected chi connectivity index (χ3v) is 5.43. The van der Waals surface area contributed by atoms with Gasteiger partial charge in [-0.05, 0) is 44.3 Å². The fourth-order valence-electron chi connectivity index (χ4n) is 3.44. The quantitative estimate of drug-likeness (QED) is 0.218. The Morgan fingerprint density at radius 2 is 1.03 bits per heavy atom. The molecule has 166 valence electrons. The van der Waals surface area contributed by atoms with E-state index < -0.39 is 0 Å². The second-order valence-corrected chi connectivity index (χ2v) is 8.38. The van der Waals surface area contributed by atoms with Gasteiger partial charge in [-0.25, -0.2) is 0 Å². The summed E-state index contributed by atoms with van der Waals surface area (Å²) in [6.07, 6.45) is 25.2. The molecular weight excluding hydrogens is 360 g/mol. The van der Waals surface area contributed by atoms with Crippen molar-refractivity contribution in [2.45, 2.75) is 122 Å². The Morgan fingerprint density at radius 3 is 1.45 bits per heavy atom. The van der Waals surface area contributed by atoms with Crippen LogP contribution in [0.5, 0.6) is 0 Å². The largest absolute Gasteiger partial charge is 0.348 e. The minimum absolute atomic E-state index is 0.0450. The molecule has 0 aromatic rings. The van der Waals surface area contributed by atoms with Crippen molar-refractivity contribution in [3.63, 3.8) is 0 Å². The molecule has 1 aliphatic carbocycles. The van der Waals surface area contributed by atoms with Crippen molar-refractivity contribution in [1.82, 2.24) is 10.6 Å². The summed E-state index contributed by atoms with van der Waals surface area (Å²) in [5, 5.41) is 5.93. The van der Waals surface area contributed by atoms with Crippen LogP contribution in [-0.4, -0.2) is 23.9 Å². The molecule has 1 rings (SSSR count). The van der Waals surface area contributed by atoms with E-state index in [1.54, 1.807) is 12.2 Å². The predicted octanol–water partition coefficient (Wildman–Crippen LogP) is 5.97. The fraction of sp³-hybridized carbons (Fsp3) is 0.760. The number of rotatable bonds is 18. The smallest absolute Gasteiger partial charge is 0.243 e. The second-order valence-electron chi connectivity index (χ2n) is 8.38. The van der Waals surface area contributed by atoms with E-state index in [1.165, 1.54) is 64.2 Å². The lowest BCUT2D eigenvalue weighted by molar-refractivity contribution is -0.118. The van der Waals surface area contributed by atoms with Crippen LogP contribution in [0.4, 0.5) is 0 Å². The van der Waals surface area contributed by atoms with Gasteiger partial charge in [0.05, 0.1) is 12.1 Å². The maximum Gasteiger partial charge on any atom is 0.243 e. The molecule has 29 heavy (non-hydrogen) atoms. The van der Waals surface area contributed by atoms with Crippen molar-refractivity contribution in [1.29, 1.82) is 0 Å². The molecule has 2 atom stereocenters. The van der Waals surface area contributed by atoms with E-state index in [1.807, 2.05) is 12.2 Å². The SMILES string of the molecule is CCCCCCCC/C=C/C(=O)N[C@H]1C[C@H]1NC(=O)/C=C/CCCCCCCC. The van der Waals surface area contributed by atoms with Gasteiger partial charge >= 0.3 is 0 Å². The Kier molecular flexibility index (Phi) is 15.2. The summed E-state index contributed by atoms with van der Waals surface area (Å²) in [6, 6.07) is 0.161. The van der Waals surface area contributed by atoms with Crippen LogP contribution in [0.15, 0.2) is 24.3 Å². The first-order chi connectivity index (χ1) is 14.2. The number of carbonyl (C=O) groups is 2. The summed E-state index contributed by atoms with van der Waals surface area (Å²) in [5.41, 5.74) is 0. The van der Waals surface area contributed by atoms with Crippen molar-refractivity contribution in [3.05, 3.63) is 24.3 Å². The van der Waals surface area contributed by atoms with Crippen LogP contribution in [0.25, 0.3) is 0 Å². The average molecular weight is 405 g/mol. The maximum atomic E-state index is 11.9. The van der Waals surface area contributed by atoms with Crippen molar-refractivity contribution >= 4 is 11.8 Å². The number of carbonyl (C=O) groups excluding carboxylic acids is 2. The first-order valence-corrected chi connectivity index (χ1v) is 12.1. The summed E-state index contributed by atoms with van der Waals surface area (Å²) >= 11 is 0. The van der Waals surface area contributed by atoms with Gasteiger partial charge in [-0.2, -0.15) is 0 Å². The zero-order chi connectivity index (χ0) is 21.2. The number of hydrogen-bond acceptors (Lipinski definition) is 2. The molecular formula is C25H44N2O2. The van der Waals surface area contributed by atoms with E-state index in [0.29, 0.717) is 0 Å². The molecule has 0 bridgehead atoms. The van der Waals surface area contributed by atoms with Crippen LogP contribution in [0.1, 0.15) is 110 Å². The third-order valence-electron chi connectivity index (χ3n) is 5.43. The fourth-order valence-corrected chi connectivity index (χ4v) is 3.44. The van der Waals surface area contributed by atoms with Gasteiger partial charge in [0.2, 0.25) is 11.8 Å². The molecule has 1 fully saturated rings. The lowest BCUT2D eigenvalue weighted by Crippen LogP contribution is -2.33. The number of unbranched alkanes of at least 4 members (excludes halogenated alkanes) is 12. The third kappa shape index (κ3) is 15.0. The van der Waals surface area contributed by atoms with E-state index in [4.69, 9.17) is 0 Å². The number of hydrogen-bond donors (Lipinski definition) is 2. The van der Waals surface area contributed by atoms with E-state index in [9.17, 15) is 9.59 Å². The molecule has 1 saturated carbocycles. The summed E-state index contributed by atoms with van der Waals surface area (Å²) in [7, 11) is 0. The van der Waals surface area contributed by atoms with Crippen LogP contribution in [0, 0.1) is 0 Å². The molecule has 0 spiro atoms. The highest BCUT2D eigenvalue weighted by Gasteiger charge is 2.38. The van der Waals surface area contributed by atoms with E-state index >= 15 is 0 Å². The Labute approximate surface area is 179 Å². The molecule has 0 aromatic heterocycles. The molecule has 0 saturated heterocycles. The zero-order valence-electron chi connectivity index (χ0n) is 18.9. The van der Waals surface area contributed by atoms with Crippen LogP contribution in [0.2, 0.25) is 0 Å². The minimum Gasteiger partial charge on any atom is -0.348 e. The van der Waals surface area contributed by atoms with Crippen molar-refractivity contribution in [2.75, 3.05) is 0 Å². The molecule has 2 N–H and O–H groups in total. The molecule has 0 unspecified atom stereocenters. The molecule has 0 aliphatic heterocycles. The number of amides is 2. The minimum atomic E-state index is -0.0450. The van der Waals surface area contributed by atoms with Crippen molar-refractivity contribution < 1.29 is 9.59 Å². The number of allylic oxidation sites excluding steroid dienone is 2. The van der Waals surface area contributed by atoms with Gasteiger partial charge in [0, 0.05) is 0 Å². The Balaban J connectivity index is 2.00. The summed E-state index contributed by atoms with van der Waals surface area (Å²) in [4.78, 5) is 23.8.